The zero-order chi connectivity index (χ0) is 33.2. The Morgan fingerprint density at radius 3 is 1.91 bits per heavy atom. The Hall–Kier alpha value is -3.58. The summed E-state index contributed by atoms with van der Waals surface area (Å²) in [6, 6.07) is 9.76. The molecule has 1 aromatic carbocycles. The van der Waals surface area contributed by atoms with Gasteiger partial charge in [-0.05, 0) is 56.5 Å². The number of halogens is 2. The SMILES string of the molecule is COC(=O)CCCc1nc(Cl)c2cc(C)sc2n1.COC(=O)CCCc1nc(NCc2ccc(OC)c(Cl)c2)c2cc(C)sc2n1. The molecule has 14 heteroatoms. The number of benzene rings is 1. The van der Waals surface area contributed by atoms with Crippen molar-refractivity contribution in [2.75, 3.05) is 26.6 Å². The molecule has 244 valence electrons. The van der Waals surface area contributed by atoms with Gasteiger partial charge in [0.2, 0.25) is 0 Å². The smallest absolute Gasteiger partial charge is 0.305 e. The molecule has 0 saturated carbocycles. The molecule has 1 N–H and O–H groups in total. The number of carbonyl (C=O) groups excluding carboxylic acids is 2. The van der Waals surface area contributed by atoms with E-state index in [-0.39, 0.29) is 11.9 Å². The predicted octanol–water partition coefficient (Wildman–Crippen LogP) is 7.92. The van der Waals surface area contributed by atoms with E-state index in [9.17, 15) is 9.59 Å². The molecule has 5 rings (SSSR count). The fourth-order valence-electron chi connectivity index (χ4n) is 4.48. The minimum Gasteiger partial charge on any atom is -0.495 e. The summed E-state index contributed by atoms with van der Waals surface area (Å²) >= 11 is 15.6. The second kappa shape index (κ2) is 16.8. The van der Waals surface area contributed by atoms with Gasteiger partial charge in [-0.15, -0.1) is 22.7 Å². The number of nitrogens with one attached hydrogen (secondary N) is 1. The molecular weight excluding hydrogens is 669 g/mol. The molecule has 0 radical (unpaired) electrons. The molecule has 0 unspecified atom stereocenters. The summed E-state index contributed by atoms with van der Waals surface area (Å²) in [5.74, 6) is 2.40. The summed E-state index contributed by atoms with van der Waals surface area (Å²) in [6.07, 6.45) is 3.29. The number of rotatable bonds is 12. The van der Waals surface area contributed by atoms with Crippen LogP contribution in [0.2, 0.25) is 10.2 Å². The zero-order valence-corrected chi connectivity index (χ0v) is 29.4. The first-order chi connectivity index (χ1) is 22.1. The van der Waals surface area contributed by atoms with Gasteiger partial charge in [0.15, 0.2) is 0 Å². The van der Waals surface area contributed by atoms with E-state index in [0.29, 0.717) is 72.6 Å². The highest BCUT2D eigenvalue weighted by Gasteiger charge is 2.13. The van der Waals surface area contributed by atoms with Gasteiger partial charge < -0.3 is 19.5 Å². The molecule has 0 bridgehead atoms. The molecule has 0 aliphatic heterocycles. The highest BCUT2D eigenvalue weighted by atomic mass is 35.5. The number of thiophene rings is 2. The van der Waals surface area contributed by atoms with Crippen LogP contribution in [0.5, 0.6) is 5.75 Å². The Kier molecular flexibility index (Phi) is 12.9. The number of fused-ring (bicyclic) bond motifs is 2. The average Bonchev–Trinajstić information content (AvgIpc) is 3.61. The third kappa shape index (κ3) is 9.71. The fraction of sp³-hybridized carbons (Fsp3) is 0.375. The number of methoxy groups -OCH3 is 3. The third-order valence-electron chi connectivity index (χ3n) is 6.77. The Balaban J connectivity index is 0.000000230. The van der Waals surface area contributed by atoms with Crippen LogP contribution in [0.1, 0.15) is 52.6 Å². The summed E-state index contributed by atoms with van der Waals surface area (Å²) in [5, 5.41) is 6.35. The lowest BCUT2D eigenvalue weighted by Gasteiger charge is -2.10. The van der Waals surface area contributed by atoms with Crippen LogP contribution in [0.4, 0.5) is 5.82 Å². The van der Waals surface area contributed by atoms with Crippen LogP contribution < -0.4 is 10.1 Å². The molecule has 10 nitrogen and oxygen atoms in total. The van der Waals surface area contributed by atoms with Crippen LogP contribution in [0.25, 0.3) is 20.4 Å². The predicted molar refractivity (Wildman–Crippen MR) is 185 cm³/mol. The number of carbonyl (C=O) groups is 2. The van der Waals surface area contributed by atoms with E-state index < -0.39 is 0 Å². The van der Waals surface area contributed by atoms with Crippen LogP contribution >= 0.6 is 45.9 Å². The largest absolute Gasteiger partial charge is 0.495 e. The van der Waals surface area contributed by atoms with E-state index in [1.54, 1.807) is 29.8 Å². The van der Waals surface area contributed by atoms with Gasteiger partial charge in [0, 0.05) is 47.4 Å². The highest BCUT2D eigenvalue weighted by Crippen LogP contribution is 2.31. The monoisotopic (exact) mass is 703 g/mol. The Morgan fingerprint density at radius 2 is 1.35 bits per heavy atom. The normalized spacial score (nSPS) is 10.8. The van der Waals surface area contributed by atoms with Crippen molar-refractivity contribution in [3.05, 3.63) is 67.5 Å². The molecule has 46 heavy (non-hydrogen) atoms. The maximum atomic E-state index is 11.3. The number of esters is 2. The molecule has 4 aromatic heterocycles. The number of anilines is 1. The Morgan fingerprint density at radius 1 is 0.783 bits per heavy atom. The molecule has 0 spiro atoms. The van der Waals surface area contributed by atoms with Crippen molar-refractivity contribution in [3.8, 4) is 5.75 Å². The maximum absolute atomic E-state index is 11.3. The molecule has 0 aliphatic rings. The van der Waals surface area contributed by atoms with Crippen LogP contribution in [0, 0.1) is 13.8 Å². The summed E-state index contributed by atoms with van der Waals surface area (Å²) < 4.78 is 14.5. The second-order valence-corrected chi connectivity index (χ2v) is 13.5. The molecule has 0 aliphatic carbocycles. The first-order valence-electron chi connectivity index (χ1n) is 14.5. The third-order valence-corrected chi connectivity index (χ3v) is 9.24. The lowest BCUT2D eigenvalue weighted by Crippen LogP contribution is -2.06. The first-order valence-corrected chi connectivity index (χ1v) is 16.9. The summed E-state index contributed by atoms with van der Waals surface area (Å²) in [4.78, 5) is 44.5. The average molecular weight is 705 g/mol. The van der Waals surface area contributed by atoms with Gasteiger partial charge in [-0.25, -0.2) is 19.9 Å². The molecule has 0 amide bonds. The minimum atomic E-state index is -0.220. The summed E-state index contributed by atoms with van der Waals surface area (Å²) in [7, 11) is 4.38. The van der Waals surface area contributed by atoms with Crippen molar-refractivity contribution in [2.45, 2.75) is 58.9 Å². The molecular formula is C32H35Cl2N5O5S2. The highest BCUT2D eigenvalue weighted by molar-refractivity contribution is 7.19. The van der Waals surface area contributed by atoms with Crippen molar-refractivity contribution >= 4 is 84.1 Å². The zero-order valence-electron chi connectivity index (χ0n) is 26.2. The Labute approximate surface area is 285 Å². The number of nitrogens with zero attached hydrogens (tertiary/aromatic N) is 4. The van der Waals surface area contributed by atoms with E-state index in [2.05, 4.69) is 47.7 Å². The van der Waals surface area contributed by atoms with Crippen molar-refractivity contribution in [1.82, 2.24) is 19.9 Å². The first kappa shape index (κ1) is 35.3. The van der Waals surface area contributed by atoms with Crippen LogP contribution in [-0.4, -0.2) is 53.2 Å². The number of hydrogen-bond acceptors (Lipinski definition) is 12. The minimum absolute atomic E-state index is 0.214. The lowest BCUT2D eigenvalue weighted by molar-refractivity contribution is -0.141. The molecule has 0 saturated heterocycles. The topological polar surface area (TPSA) is 125 Å². The summed E-state index contributed by atoms with van der Waals surface area (Å²) in [5.41, 5.74) is 1.02. The van der Waals surface area contributed by atoms with Crippen LogP contribution in [-0.2, 0) is 38.4 Å². The van der Waals surface area contributed by atoms with E-state index in [1.165, 1.54) is 19.1 Å². The van der Waals surface area contributed by atoms with Gasteiger partial charge >= 0.3 is 11.9 Å². The van der Waals surface area contributed by atoms with Gasteiger partial charge in [0.05, 0.1) is 31.7 Å². The van der Waals surface area contributed by atoms with Gasteiger partial charge in [-0.1, -0.05) is 29.3 Å². The second-order valence-electron chi connectivity index (χ2n) is 10.3. The number of aryl methyl sites for hydroxylation is 4. The standard InChI is InChI=1S/C20H22ClN3O3S.C12H13ClN2O2S/c1-12-9-14-19(22-11-13-7-8-16(26-2)15(21)10-13)23-17(24-20(14)28-12)5-4-6-18(25)27-3;1-7-6-8-11(13)14-9(15-12(8)18-7)4-3-5-10(16)17-2/h7-10H,4-6,11H2,1-3H3,(H,22,23,24);6H,3-5H2,1-2H3. The molecule has 4 heterocycles. The van der Waals surface area contributed by atoms with Gasteiger partial charge in [0.1, 0.15) is 38.0 Å². The van der Waals surface area contributed by atoms with E-state index in [1.807, 2.05) is 31.2 Å². The van der Waals surface area contributed by atoms with Crippen molar-refractivity contribution < 1.29 is 23.8 Å². The van der Waals surface area contributed by atoms with Crippen molar-refractivity contribution in [1.29, 1.82) is 0 Å². The van der Waals surface area contributed by atoms with Crippen LogP contribution in [0.15, 0.2) is 30.3 Å². The van der Waals surface area contributed by atoms with Crippen molar-refractivity contribution in [3.63, 3.8) is 0 Å². The maximum Gasteiger partial charge on any atom is 0.305 e. The van der Waals surface area contributed by atoms with E-state index >= 15 is 0 Å². The number of hydrogen-bond donors (Lipinski definition) is 1. The fourth-order valence-corrected chi connectivity index (χ4v) is 6.86. The number of ether oxygens (including phenoxy) is 3. The lowest BCUT2D eigenvalue weighted by atomic mass is 10.2. The molecule has 5 aromatic rings. The van der Waals surface area contributed by atoms with Crippen molar-refractivity contribution in [2.24, 2.45) is 0 Å². The Bertz CT molecular complexity index is 1830. The van der Waals surface area contributed by atoms with Gasteiger partial charge in [-0.3, -0.25) is 9.59 Å². The molecule has 0 atom stereocenters. The van der Waals surface area contributed by atoms with Gasteiger partial charge in [0.25, 0.3) is 0 Å². The summed E-state index contributed by atoms with van der Waals surface area (Å²) in [6.45, 7) is 4.64. The van der Waals surface area contributed by atoms with E-state index in [4.69, 9.17) is 27.9 Å². The number of aromatic nitrogens is 4. The van der Waals surface area contributed by atoms with Gasteiger partial charge in [-0.2, -0.15) is 0 Å². The van der Waals surface area contributed by atoms with E-state index in [0.717, 1.165) is 36.7 Å². The quantitative estimate of drug-likeness (QED) is 0.101. The van der Waals surface area contributed by atoms with Crippen LogP contribution in [0.3, 0.4) is 0 Å². The molecule has 0 fully saturated rings.